The van der Waals surface area contributed by atoms with Crippen molar-refractivity contribution in [1.82, 2.24) is 0 Å². The first-order chi connectivity index (χ1) is 6.30. The van der Waals surface area contributed by atoms with Crippen LogP contribution >= 0.6 is 0 Å². The van der Waals surface area contributed by atoms with Crippen LogP contribution in [-0.2, 0) is 21.9 Å². The minimum atomic E-state index is 0. The summed E-state index contributed by atoms with van der Waals surface area (Å²) >= 11 is 0. The fourth-order valence-electron chi connectivity index (χ4n) is 1.10. The molecule has 0 aromatic rings. The van der Waals surface area contributed by atoms with Gasteiger partial charge in [-0.15, -0.1) is 0 Å². The van der Waals surface area contributed by atoms with Gasteiger partial charge in [-0.2, -0.15) is 0 Å². The minimum Gasteiger partial charge on any atom is -0.295 e. The fraction of sp³-hybridized carbons (Fsp3) is 0.250. The predicted octanol–water partition coefficient (Wildman–Crippen LogP) is 2.96. The number of hydrogen-bond acceptors (Lipinski definition) is 1. The Hall–Kier alpha value is -0.851. The van der Waals surface area contributed by atoms with Crippen LogP contribution in [0.2, 0.25) is 0 Å². The van der Waals surface area contributed by atoms with Crippen LogP contribution in [0.3, 0.4) is 0 Å². The molecule has 0 aliphatic heterocycles. The van der Waals surface area contributed by atoms with Gasteiger partial charge in [-0.05, 0) is 25.3 Å². The largest absolute Gasteiger partial charge is 0.295 e. The molecule has 0 aromatic heterocycles. The molecule has 0 fully saturated rings. The molecule has 1 nitrogen and oxygen atoms in total. The number of hydrogen-bond donors (Lipinski definition) is 0. The van der Waals surface area contributed by atoms with Gasteiger partial charge >= 0.3 is 0 Å². The smallest absolute Gasteiger partial charge is 0.156 e. The van der Waals surface area contributed by atoms with Gasteiger partial charge in [-0.3, -0.25) is 4.79 Å². The van der Waals surface area contributed by atoms with Crippen molar-refractivity contribution in [3.8, 4) is 0 Å². The second-order valence-electron chi connectivity index (χ2n) is 2.97. The Kier molecular flexibility index (Phi) is 7.09. The Morgan fingerprint density at radius 2 is 1.79 bits per heavy atom. The molecule has 2 aliphatic carbocycles. The summed E-state index contributed by atoms with van der Waals surface area (Å²) in [7, 11) is 0. The number of carbonyl (C=O) groups excluding carboxylic acids is 1. The third-order valence-electron chi connectivity index (χ3n) is 1.88. The van der Waals surface area contributed by atoms with Crippen LogP contribution in [0, 0.1) is 0 Å². The van der Waals surface area contributed by atoms with Crippen molar-refractivity contribution in [3.05, 3.63) is 48.1 Å². The van der Waals surface area contributed by atoms with Gasteiger partial charge in [0.25, 0.3) is 0 Å². The summed E-state index contributed by atoms with van der Waals surface area (Å²) < 4.78 is 0. The first-order valence-electron chi connectivity index (χ1n) is 4.49. The Labute approximate surface area is 95.7 Å². The second-order valence-corrected chi connectivity index (χ2v) is 2.97. The summed E-state index contributed by atoms with van der Waals surface area (Å²) in [5.41, 5.74) is 0.921. The zero-order valence-electron chi connectivity index (χ0n) is 8.22. The van der Waals surface area contributed by atoms with Crippen molar-refractivity contribution >= 4 is 5.78 Å². The van der Waals surface area contributed by atoms with Gasteiger partial charge in [-0.1, -0.05) is 42.5 Å². The molecule has 0 saturated heterocycles. The maximum absolute atomic E-state index is 10.5. The molecule has 0 bridgehead atoms. The van der Waals surface area contributed by atoms with E-state index in [1.54, 1.807) is 6.92 Å². The van der Waals surface area contributed by atoms with E-state index in [0.717, 1.165) is 18.4 Å². The molecule has 0 atom stereocenters. The number of allylic oxidation sites excluding steroid dienone is 8. The molecule has 0 amide bonds. The third kappa shape index (κ3) is 5.00. The summed E-state index contributed by atoms with van der Waals surface area (Å²) in [6.07, 6.45) is 16.1. The van der Waals surface area contributed by atoms with Crippen molar-refractivity contribution in [2.45, 2.75) is 19.8 Å². The first kappa shape index (κ1) is 13.1. The molecular formula is C12H14FeO. The summed E-state index contributed by atoms with van der Waals surface area (Å²) in [5, 5.41) is 0. The van der Waals surface area contributed by atoms with Gasteiger partial charge in [-0.25, -0.2) is 0 Å². The third-order valence-corrected chi connectivity index (χ3v) is 1.88. The Balaban J connectivity index is 0.000000246. The van der Waals surface area contributed by atoms with Gasteiger partial charge in [0.15, 0.2) is 5.78 Å². The fourth-order valence-corrected chi connectivity index (χ4v) is 1.10. The average molecular weight is 230 g/mol. The maximum Gasteiger partial charge on any atom is 0.156 e. The number of ketones is 1. The molecule has 0 spiro atoms. The van der Waals surface area contributed by atoms with E-state index in [2.05, 4.69) is 24.3 Å². The van der Waals surface area contributed by atoms with E-state index >= 15 is 0 Å². The van der Waals surface area contributed by atoms with Gasteiger partial charge in [0.1, 0.15) is 0 Å². The summed E-state index contributed by atoms with van der Waals surface area (Å²) in [6, 6.07) is 0. The van der Waals surface area contributed by atoms with Crippen LogP contribution in [0.4, 0.5) is 0 Å². The number of Topliss-reactive ketones (excluding diaryl/α,β-unsaturated/α-hetero) is 1. The molecule has 2 rings (SSSR count). The second kappa shape index (κ2) is 7.54. The number of carbonyl (C=O) groups is 1. The molecule has 76 valence electrons. The van der Waals surface area contributed by atoms with Gasteiger partial charge in [0, 0.05) is 17.1 Å². The summed E-state index contributed by atoms with van der Waals surface area (Å²) in [6.45, 7) is 1.60. The van der Waals surface area contributed by atoms with E-state index < -0.39 is 0 Å². The van der Waals surface area contributed by atoms with Crippen molar-refractivity contribution < 1.29 is 21.9 Å². The molecule has 0 heterocycles. The van der Waals surface area contributed by atoms with Gasteiger partial charge in [0.2, 0.25) is 0 Å². The van der Waals surface area contributed by atoms with Crippen LogP contribution in [0.25, 0.3) is 0 Å². The Morgan fingerprint density at radius 1 is 1.14 bits per heavy atom. The standard InChI is InChI=1S/C7H8O.C5H6.Fe/c1-6(8)7-4-2-3-5-7;1-2-4-5-3-1;/h2-4H,5H2,1H3;1-4H,5H2;. The van der Waals surface area contributed by atoms with E-state index in [1.807, 2.05) is 18.2 Å². The minimum absolute atomic E-state index is 0. The van der Waals surface area contributed by atoms with Crippen LogP contribution in [0.5, 0.6) is 0 Å². The van der Waals surface area contributed by atoms with E-state index in [4.69, 9.17) is 0 Å². The molecule has 0 unspecified atom stereocenters. The van der Waals surface area contributed by atoms with Crippen molar-refractivity contribution in [1.29, 1.82) is 0 Å². The monoisotopic (exact) mass is 230 g/mol. The molecule has 2 aliphatic rings. The normalized spacial score (nSPS) is 15.6. The zero-order chi connectivity index (χ0) is 9.52. The maximum atomic E-state index is 10.5. The first-order valence-corrected chi connectivity index (χ1v) is 4.49. The molecule has 14 heavy (non-hydrogen) atoms. The molecule has 0 N–H and O–H groups in total. The van der Waals surface area contributed by atoms with Crippen LogP contribution in [0.15, 0.2) is 48.1 Å². The average Bonchev–Trinajstić information content (AvgIpc) is 2.82. The van der Waals surface area contributed by atoms with E-state index in [0.29, 0.717) is 0 Å². The van der Waals surface area contributed by atoms with Crippen LogP contribution in [0.1, 0.15) is 19.8 Å². The van der Waals surface area contributed by atoms with E-state index in [-0.39, 0.29) is 22.9 Å². The molecular weight excluding hydrogens is 216 g/mol. The summed E-state index contributed by atoms with van der Waals surface area (Å²) in [4.78, 5) is 10.5. The van der Waals surface area contributed by atoms with Crippen molar-refractivity contribution in [3.63, 3.8) is 0 Å². The van der Waals surface area contributed by atoms with E-state index in [9.17, 15) is 4.79 Å². The molecule has 0 saturated carbocycles. The van der Waals surface area contributed by atoms with Gasteiger partial charge in [0.05, 0.1) is 0 Å². The van der Waals surface area contributed by atoms with Crippen LogP contribution < -0.4 is 0 Å². The Bertz CT molecular complexity index is 285. The number of rotatable bonds is 1. The molecule has 0 radical (unpaired) electrons. The SMILES string of the molecule is C1=CCC=C1.CC(=O)C1=CC=CC1.[Fe]. The zero-order valence-corrected chi connectivity index (χ0v) is 9.32. The van der Waals surface area contributed by atoms with Crippen LogP contribution in [-0.4, -0.2) is 5.78 Å². The van der Waals surface area contributed by atoms with Gasteiger partial charge < -0.3 is 0 Å². The van der Waals surface area contributed by atoms with Crippen molar-refractivity contribution in [2.75, 3.05) is 0 Å². The summed E-state index contributed by atoms with van der Waals surface area (Å²) in [5.74, 6) is 0.190. The molecule has 0 aromatic carbocycles. The van der Waals surface area contributed by atoms with E-state index in [1.165, 1.54) is 0 Å². The topological polar surface area (TPSA) is 17.1 Å². The molecule has 2 heteroatoms. The van der Waals surface area contributed by atoms with Crippen molar-refractivity contribution in [2.24, 2.45) is 0 Å². The predicted molar refractivity (Wildman–Crippen MR) is 55.4 cm³/mol. The quantitative estimate of drug-likeness (QED) is 0.633. The Morgan fingerprint density at radius 3 is 2.00 bits per heavy atom.